The molecule has 0 aliphatic carbocycles. The molecule has 1 fully saturated rings. The van der Waals surface area contributed by atoms with E-state index in [2.05, 4.69) is 10.6 Å². The summed E-state index contributed by atoms with van der Waals surface area (Å²) in [5.41, 5.74) is 1.04. The molecule has 1 aliphatic rings. The quantitative estimate of drug-likeness (QED) is 0.654. The third-order valence-electron chi connectivity index (χ3n) is 4.73. The molecule has 8 nitrogen and oxygen atoms in total. The van der Waals surface area contributed by atoms with E-state index in [9.17, 15) is 18.0 Å². The number of halogens is 1. The van der Waals surface area contributed by atoms with E-state index < -0.39 is 15.9 Å². The highest BCUT2D eigenvalue weighted by Crippen LogP contribution is 2.22. The second-order valence-electron chi connectivity index (χ2n) is 6.95. The zero-order valence-corrected chi connectivity index (χ0v) is 18.6. The van der Waals surface area contributed by atoms with Crippen LogP contribution in [0.15, 0.2) is 47.4 Å². The smallest absolute Gasteiger partial charge is 0.255 e. The van der Waals surface area contributed by atoms with Gasteiger partial charge in [0.05, 0.1) is 28.7 Å². The maximum atomic E-state index is 12.7. The summed E-state index contributed by atoms with van der Waals surface area (Å²) in [6.45, 7) is 3.83. The molecule has 10 heteroatoms. The van der Waals surface area contributed by atoms with Gasteiger partial charge in [0.25, 0.3) is 11.8 Å². The van der Waals surface area contributed by atoms with Crippen LogP contribution in [0.3, 0.4) is 0 Å². The highest BCUT2D eigenvalue weighted by atomic mass is 35.5. The van der Waals surface area contributed by atoms with Crippen LogP contribution in [-0.4, -0.2) is 57.4 Å². The molecule has 0 radical (unpaired) electrons. The van der Waals surface area contributed by atoms with Gasteiger partial charge in [-0.05, 0) is 48.9 Å². The first-order valence-electron chi connectivity index (χ1n) is 9.90. The molecule has 2 amide bonds. The molecule has 2 aromatic carbocycles. The van der Waals surface area contributed by atoms with E-state index in [1.54, 1.807) is 12.1 Å². The maximum absolute atomic E-state index is 12.7. The summed E-state index contributed by atoms with van der Waals surface area (Å²) in [6.07, 6.45) is 0.810. The van der Waals surface area contributed by atoms with Crippen molar-refractivity contribution in [1.29, 1.82) is 0 Å². The van der Waals surface area contributed by atoms with E-state index in [4.69, 9.17) is 16.3 Å². The molecule has 1 aliphatic heterocycles. The van der Waals surface area contributed by atoms with Crippen molar-refractivity contribution in [2.45, 2.75) is 18.2 Å². The molecule has 0 atom stereocenters. The molecule has 2 N–H and O–H groups in total. The molecule has 31 heavy (non-hydrogen) atoms. The number of hydrogen-bond acceptors (Lipinski definition) is 5. The van der Waals surface area contributed by atoms with Crippen molar-refractivity contribution in [1.82, 2.24) is 9.62 Å². The van der Waals surface area contributed by atoms with Crippen LogP contribution in [0.2, 0.25) is 5.02 Å². The number of hydrogen-bond donors (Lipinski definition) is 2. The predicted octanol–water partition coefficient (Wildman–Crippen LogP) is 2.75. The fraction of sp³-hybridized carbons (Fsp3) is 0.333. The molecule has 0 aromatic heterocycles. The molecule has 166 valence electrons. The summed E-state index contributed by atoms with van der Waals surface area (Å²) in [4.78, 5) is 24.7. The van der Waals surface area contributed by atoms with E-state index in [0.717, 1.165) is 6.42 Å². The molecule has 2 aromatic rings. The minimum absolute atomic E-state index is 0.122. The SMILES string of the molecule is CCCNC(=O)c1ccc(NC(=O)c2ccc(S(=O)(=O)N3CCOCC3)cc2)cc1Cl. The average molecular weight is 466 g/mol. The number of carbonyl (C=O) groups excluding carboxylic acids is 2. The number of benzene rings is 2. The van der Waals surface area contributed by atoms with Crippen LogP contribution < -0.4 is 10.6 Å². The number of amides is 2. The van der Waals surface area contributed by atoms with Crippen LogP contribution in [-0.2, 0) is 14.8 Å². The summed E-state index contributed by atoms with van der Waals surface area (Å²) in [6, 6.07) is 10.4. The van der Waals surface area contributed by atoms with Gasteiger partial charge in [0, 0.05) is 30.9 Å². The maximum Gasteiger partial charge on any atom is 0.255 e. The average Bonchev–Trinajstić information content (AvgIpc) is 2.78. The van der Waals surface area contributed by atoms with Crippen molar-refractivity contribution in [3.63, 3.8) is 0 Å². The van der Waals surface area contributed by atoms with Gasteiger partial charge in [-0.15, -0.1) is 0 Å². The van der Waals surface area contributed by atoms with Crippen molar-refractivity contribution in [2.24, 2.45) is 0 Å². The lowest BCUT2D eigenvalue weighted by Crippen LogP contribution is -2.40. The largest absolute Gasteiger partial charge is 0.379 e. The highest BCUT2D eigenvalue weighted by molar-refractivity contribution is 7.89. The Kier molecular flexibility index (Phi) is 7.66. The number of nitrogens with zero attached hydrogens (tertiary/aromatic N) is 1. The van der Waals surface area contributed by atoms with Crippen molar-refractivity contribution < 1.29 is 22.7 Å². The minimum atomic E-state index is -3.62. The first-order valence-corrected chi connectivity index (χ1v) is 11.7. The van der Waals surface area contributed by atoms with Crippen LogP contribution in [0.25, 0.3) is 0 Å². The van der Waals surface area contributed by atoms with Gasteiger partial charge < -0.3 is 15.4 Å². The molecule has 0 saturated carbocycles. The summed E-state index contributed by atoms with van der Waals surface area (Å²) >= 11 is 6.19. The van der Waals surface area contributed by atoms with Gasteiger partial charge in [-0.3, -0.25) is 9.59 Å². The molecule has 3 rings (SSSR count). The molecule has 1 saturated heterocycles. The number of sulfonamides is 1. The Morgan fingerprint density at radius 2 is 1.74 bits per heavy atom. The lowest BCUT2D eigenvalue weighted by Gasteiger charge is -2.26. The Bertz CT molecular complexity index is 1050. The Labute approximate surface area is 186 Å². The Balaban J connectivity index is 1.68. The Morgan fingerprint density at radius 3 is 2.35 bits per heavy atom. The third kappa shape index (κ3) is 5.62. The van der Waals surface area contributed by atoms with Crippen LogP contribution >= 0.6 is 11.6 Å². The summed E-state index contributed by atoms with van der Waals surface area (Å²) in [5.74, 6) is -0.698. The normalized spacial score (nSPS) is 14.8. The molecule has 0 spiro atoms. The van der Waals surface area contributed by atoms with Gasteiger partial charge in [-0.2, -0.15) is 4.31 Å². The molecule has 0 bridgehead atoms. The second kappa shape index (κ2) is 10.2. The number of anilines is 1. The number of nitrogens with one attached hydrogen (secondary N) is 2. The first-order chi connectivity index (χ1) is 14.8. The number of ether oxygens (including phenoxy) is 1. The van der Waals surface area contributed by atoms with Crippen molar-refractivity contribution >= 4 is 39.1 Å². The summed E-state index contributed by atoms with van der Waals surface area (Å²) < 4.78 is 31.9. The summed E-state index contributed by atoms with van der Waals surface area (Å²) in [5, 5.41) is 5.67. The molecule has 1 heterocycles. The predicted molar refractivity (Wildman–Crippen MR) is 118 cm³/mol. The fourth-order valence-corrected chi connectivity index (χ4v) is 4.70. The van der Waals surface area contributed by atoms with Crippen molar-refractivity contribution in [3.8, 4) is 0 Å². The van der Waals surface area contributed by atoms with Crippen molar-refractivity contribution in [3.05, 3.63) is 58.6 Å². The molecular formula is C21H24ClN3O5S. The van der Waals surface area contributed by atoms with Gasteiger partial charge >= 0.3 is 0 Å². The minimum Gasteiger partial charge on any atom is -0.379 e. The lowest BCUT2D eigenvalue weighted by atomic mass is 10.1. The topological polar surface area (TPSA) is 105 Å². The van der Waals surface area contributed by atoms with E-state index >= 15 is 0 Å². The van der Waals surface area contributed by atoms with Crippen LogP contribution in [0.5, 0.6) is 0 Å². The van der Waals surface area contributed by atoms with Gasteiger partial charge in [-0.1, -0.05) is 18.5 Å². The van der Waals surface area contributed by atoms with E-state index in [0.29, 0.717) is 49.7 Å². The zero-order chi connectivity index (χ0) is 22.4. The van der Waals surface area contributed by atoms with Crippen LogP contribution in [0, 0.1) is 0 Å². The van der Waals surface area contributed by atoms with Gasteiger partial charge in [0.15, 0.2) is 0 Å². The van der Waals surface area contributed by atoms with Gasteiger partial charge in [-0.25, -0.2) is 8.42 Å². The monoisotopic (exact) mass is 465 g/mol. The van der Waals surface area contributed by atoms with E-state index in [1.165, 1.54) is 34.6 Å². The number of rotatable bonds is 7. The summed E-state index contributed by atoms with van der Waals surface area (Å²) in [7, 11) is -3.62. The third-order valence-corrected chi connectivity index (χ3v) is 6.96. The van der Waals surface area contributed by atoms with Gasteiger partial charge in [0.2, 0.25) is 10.0 Å². The fourth-order valence-electron chi connectivity index (χ4n) is 3.03. The number of carbonyl (C=O) groups is 2. The van der Waals surface area contributed by atoms with E-state index in [-0.39, 0.29) is 15.8 Å². The Morgan fingerprint density at radius 1 is 1.06 bits per heavy atom. The Hall–Kier alpha value is -2.46. The van der Waals surface area contributed by atoms with E-state index in [1.807, 2.05) is 6.92 Å². The van der Waals surface area contributed by atoms with Crippen LogP contribution in [0.1, 0.15) is 34.1 Å². The second-order valence-corrected chi connectivity index (χ2v) is 9.29. The van der Waals surface area contributed by atoms with Gasteiger partial charge in [0.1, 0.15) is 0 Å². The standard InChI is InChI=1S/C21H24ClN3O5S/c1-2-9-23-21(27)18-8-5-16(14-19(18)22)24-20(26)15-3-6-17(7-4-15)31(28,29)25-10-12-30-13-11-25/h3-8,14H,2,9-13H2,1H3,(H,23,27)(H,24,26). The molecular weight excluding hydrogens is 442 g/mol. The highest BCUT2D eigenvalue weighted by Gasteiger charge is 2.26. The van der Waals surface area contributed by atoms with Crippen LogP contribution in [0.4, 0.5) is 5.69 Å². The molecule has 0 unspecified atom stereocenters. The zero-order valence-electron chi connectivity index (χ0n) is 17.1. The number of morpholine rings is 1. The first kappa shape index (κ1) is 23.2. The lowest BCUT2D eigenvalue weighted by molar-refractivity contribution is 0.0730. The van der Waals surface area contributed by atoms with Crippen molar-refractivity contribution in [2.75, 3.05) is 38.2 Å².